The number of imidazole rings is 1. The summed E-state index contributed by atoms with van der Waals surface area (Å²) < 4.78 is 27.9. The maximum Gasteiger partial charge on any atom is 0.339 e. The van der Waals surface area contributed by atoms with Gasteiger partial charge in [-0.1, -0.05) is 37.3 Å². The molecule has 0 radical (unpaired) electrons. The zero-order valence-electron chi connectivity index (χ0n) is 19.2. The number of hydrogen-bond acceptors (Lipinski definition) is 9. The summed E-state index contributed by atoms with van der Waals surface area (Å²) in [5.41, 5.74) is 5.99. The molecule has 0 spiro atoms. The number of anilines is 1. The molecule has 1 unspecified atom stereocenters. The molecule has 13 heteroatoms. The number of hydrogen-bond donors (Lipinski definition) is 2. The fraction of sp³-hybridized carbons (Fsp3) is 0.381. The highest BCUT2D eigenvalue weighted by Crippen LogP contribution is 2.22. The summed E-state index contributed by atoms with van der Waals surface area (Å²) >= 11 is 0. The second-order valence-electron chi connectivity index (χ2n) is 7.58. The van der Waals surface area contributed by atoms with Gasteiger partial charge in [-0.05, 0) is 18.9 Å². The number of likely N-dealkylation sites (N-methyl/N-ethyl adjacent to an activating group) is 1. The van der Waals surface area contributed by atoms with Crippen LogP contribution in [0.5, 0.6) is 0 Å². The zero-order chi connectivity index (χ0) is 25.0. The molecule has 3 N–H and O–H groups in total. The molecule has 0 aliphatic rings. The molecule has 3 rings (SSSR count). The molecule has 12 nitrogen and oxygen atoms in total. The number of rotatable bonds is 8. The van der Waals surface area contributed by atoms with Gasteiger partial charge in [-0.15, -0.1) is 0 Å². The van der Waals surface area contributed by atoms with E-state index in [1.807, 2.05) is 6.07 Å². The second-order valence-corrected chi connectivity index (χ2v) is 9.70. The van der Waals surface area contributed by atoms with E-state index in [4.69, 9.17) is 15.3 Å². The van der Waals surface area contributed by atoms with Crippen molar-refractivity contribution in [3.8, 4) is 0 Å². The summed E-state index contributed by atoms with van der Waals surface area (Å²) in [4.78, 5) is 47.7. The van der Waals surface area contributed by atoms with E-state index in [-0.39, 0.29) is 47.6 Å². The second kappa shape index (κ2) is 10.0. The number of nitrogens with two attached hydrogens (primary N) is 1. The number of ether oxygens (including phenoxy) is 1. The number of esters is 1. The van der Waals surface area contributed by atoms with Crippen LogP contribution in [0.25, 0.3) is 11.2 Å². The fourth-order valence-corrected chi connectivity index (χ4v) is 4.64. The molecular weight excluding hydrogens is 462 g/mol. The number of nitrogens with one attached hydrogen (secondary N) is 1. The molecule has 0 fully saturated rings. The highest BCUT2D eigenvalue weighted by Gasteiger charge is 2.28. The van der Waals surface area contributed by atoms with Gasteiger partial charge >= 0.3 is 17.7 Å². The predicted molar refractivity (Wildman–Crippen MR) is 126 cm³/mol. The van der Waals surface area contributed by atoms with Gasteiger partial charge in [0.05, 0.1) is 13.2 Å². The summed E-state index contributed by atoms with van der Waals surface area (Å²) in [6.07, 6.45) is 0.457. The van der Waals surface area contributed by atoms with Crippen molar-refractivity contribution in [2.75, 3.05) is 31.7 Å². The zero-order valence-corrected chi connectivity index (χ0v) is 20.0. The van der Waals surface area contributed by atoms with E-state index < -0.39 is 27.4 Å². The maximum atomic E-state index is 13.4. The van der Waals surface area contributed by atoms with Gasteiger partial charge in [0, 0.05) is 12.8 Å². The molecule has 0 saturated heterocycles. The molecule has 34 heavy (non-hydrogen) atoms. The number of nitrogen functional groups attached to an aromatic ring is 1. The first-order chi connectivity index (χ1) is 16.1. The minimum absolute atomic E-state index is 0.0166. The van der Waals surface area contributed by atoms with Gasteiger partial charge in [-0.2, -0.15) is 4.98 Å². The third-order valence-electron chi connectivity index (χ3n) is 4.93. The number of carbonyl (C=O) groups is 2. The first kappa shape index (κ1) is 24.9. The molecule has 182 valence electrons. The first-order valence-corrected chi connectivity index (χ1v) is 12.3. The number of carbonyl (C=O) groups excluding carboxylic acids is 2. The van der Waals surface area contributed by atoms with Gasteiger partial charge in [0.15, 0.2) is 11.5 Å². The largest absolute Gasteiger partial charge is 0.465 e. The van der Waals surface area contributed by atoms with Gasteiger partial charge < -0.3 is 15.4 Å². The molecule has 0 saturated carbocycles. The van der Waals surface area contributed by atoms with E-state index >= 15 is 0 Å². The number of fused-ring (bicyclic) bond motifs is 1. The van der Waals surface area contributed by atoms with E-state index in [1.165, 1.54) is 11.6 Å². The molecule has 1 aromatic carbocycles. The normalized spacial score (nSPS) is 12.9. The summed E-state index contributed by atoms with van der Waals surface area (Å²) in [5, 5.41) is -0.300. The Morgan fingerprint density at radius 2 is 1.88 bits per heavy atom. The van der Waals surface area contributed by atoms with Gasteiger partial charge in [-0.25, -0.2) is 28.1 Å². The Morgan fingerprint density at radius 3 is 2.50 bits per heavy atom. The van der Waals surface area contributed by atoms with E-state index in [0.717, 1.165) is 15.0 Å². The maximum absolute atomic E-state index is 13.4. The van der Waals surface area contributed by atoms with Gasteiger partial charge in [0.25, 0.3) is 0 Å². The van der Waals surface area contributed by atoms with Crippen LogP contribution in [0.15, 0.2) is 40.3 Å². The standard InChI is InChI=1S/C21H27N7O5S/c1-4-11-34(23,32)19-24-17(22)16-18(25-19)27(12-14-9-7-6-8-10-14)21(31)28(16)20(30)26(3)13-15(29)33-5-2/h6-10,23H,4-5,11-13H2,1-3H3,(H2,22,24,25). The molecule has 0 aliphatic heterocycles. The van der Waals surface area contributed by atoms with Crippen molar-refractivity contribution in [3.05, 3.63) is 46.4 Å². The Kier molecular flexibility index (Phi) is 7.35. The first-order valence-electron chi connectivity index (χ1n) is 10.6. The molecular formula is C21H27N7O5S. The number of aromatic nitrogens is 4. The monoisotopic (exact) mass is 489 g/mol. The van der Waals surface area contributed by atoms with Crippen molar-refractivity contribution in [1.82, 2.24) is 24.0 Å². The van der Waals surface area contributed by atoms with Gasteiger partial charge in [0.1, 0.15) is 21.8 Å². The molecule has 3 aromatic rings. The Balaban J connectivity index is 2.23. The van der Waals surface area contributed by atoms with Crippen molar-refractivity contribution in [1.29, 1.82) is 4.78 Å². The van der Waals surface area contributed by atoms with Crippen molar-refractivity contribution < 1.29 is 18.5 Å². The Morgan fingerprint density at radius 1 is 1.21 bits per heavy atom. The molecule has 2 heterocycles. The lowest BCUT2D eigenvalue weighted by Gasteiger charge is -2.16. The van der Waals surface area contributed by atoms with E-state index in [0.29, 0.717) is 6.42 Å². The molecule has 2 aromatic heterocycles. The minimum atomic E-state index is -3.36. The smallest absolute Gasteiger partial charge is 0.339 e. The van der Waals surface area contributed by atoms with Crippen molar-refractivity contribution in [3.63, 3.8) is 0 Å². The summed E-state index contributed by atoms with van der Waals surface area (Å²) in [6.45, 7) is 3.21. The number of benzene rings is 1. The topological polar surface area (TPSA) is 166 Å². The Hall–Kier alpha value is -3.74. The van der Waals surface area contributed by atoms with E-state index in [9.17, 15) is 18.6 Å². The van der Waals surface area contributed by atoms with Crippen LogP contribution in [-0.2, 0) is 25.8 Å². The highest BCUT2D eigenvalue weighted by atomic mass is 32.2. The van der Waals surface area contributed by atoms with E-state index in [2.05, 4.69) is 9.97 Å². The van der Waals surface area contributed by atoms with Crippen LogP contribution in [0.1, 0.15) is 25.8 Å². The van der Waals surface area contributed by atoms with Gasteiger partial charge in [0.2, 0.25) is 5.16 Å². The molecule has 0 aliphatic carbocycles. The fourth-order valence-electron chi connectivity index (χ4n) is 3.40. The SMILES string of the molecule is CCCS(=N)(=O)c1nc(N)c2c(n1)n(Cc1ccccc1)c(=O)n2C(=O)N(C)CC(=O)OCC. The minimum Gasteiger partial charge on any atom is -0.465 e. The lowest BCUT2D eigenvalue weighted by Crippen LogP contribution is -2.41. The lowest BCUT2D eigenvalue weighted by atomic mass is 10.2. The Labute approximate surface area is 196 Å². The van der Waals surface area contributed by atoms with Crippen LogP contribution in [0, 0.1) is 4.78 Å². The van der Waals surface area contributed by atoms with Crippen LogP contribution in [0.3, 0.4) is 0 Å². The van der Waals surface area contributed by atoms with Crippen molar-refractivity contribution in [2.45, 2.75) is 32.0 Å². The lowest BCUT2D eigenvalue weighted by molar-refractivity contribution is -0.143. The van der Waals surface area contributed by atoms with E-state index in [1.54, 1.807) is 38.1 Å². The molecule has 1 atom stereocenters. The quantitative estimate of drug-likeness (QED) is 0.355. The third kappa shape index (κ3) is 4.93. The highest BCUT2D eigenvalue weighted by molar-refractivity contribution is 7.92. The molecule has 1 amide bonds. The van der Waals surface area contributed by atoms with Crippen molar-refractivity contribution in [2.24, 2.45) is 0 Å². The van der Waals surface area contributed by atoms with Crippen molar-refractivity contribution >= 4 is 38.7 Å². The Bertz CT molecular complexity index is 1380. The van der Waals surface area contributed by atoms with Crippen LogP contribution < -0.4 is 11.4 Å². The van der Waals surface area contributed by atoms with Crippen LogP contribution in [-0.4, -0.2) is 66.2 Å². The summed E-state index contributed by atoms with van der Waals surface area (Å²) in [6, 6.07) is 8.16. The van der Waals surface area contributed by atoms with Gasteiger partial charge in [-0.3, -0.25) is 9.36 Å². The predicted octanol–water partition coefficient (Wildman–Crippen LogP) is 1.50. The van der Waals surface area contributed by atoms with Crippen LogP contribution in [0.4, 0.5) is 10.6 Å². The third-order valence-corrected chi connectivity index (χ3v) is 6.69. The number of amides is 1. The van der Waals surface area contributed by atoms with Crippen LogP contribution >= 0.6 is 0 Å². The molecule has 0 bridgehead atoms. The average Bonchev–Trinajstić information content (AvgIpc) is 3.06. The number of nitrogens with zero attached hydrogens (tertiary/aromatic N) is 5. The van der Waals surface area contributed by atoms with Crippen LogP contribution in [0.2, 0.25) is 0 Å². The average molecular weight is 490 g/mol. The summed E-state index contributed by atoms with van der Waals surface area (Å²) in [5.74, 6) is -0.889. The summed E-state index contributed by atoms with van der Waals surface area (Å²) in [7, 11) is -2.02.